The second-order valence-electron chi connectivity index (χ2n) is 6.37. The fourth-order valence-electron chi connectivity index (χ4n) is 3.51. The maximum absolute atomic E-state index is 12.6. The quantitative estimate of drug-likeness (QED) is 0.728. The highest BCUT2D eigenvalue weighted by Crippen LogP contribution is 2.20. The minimum absolute atomic E-state index is 0.0948. The Labute approximate surface area is 132 Å². The van der Waals surface area contributed by atoms with E-state index in [0.29, 0.717) is 13.1 Å². The van der Waals surface area contributed by atoms with Crippen LogP contribution < -0.4 is 0 Å². The van der Waals surface area contributed by atoms with Gasteiger partial charge in [-0.3, -0.25) is 9.59 Å². The van der Waals surface area contributed by atoms with Gasteiger partial charge in [-0.25, -0.2) is 0 Å². The van der Waals surface area contributed by atoms with Gasteiger partial charge >= 0.3 is 11.8 Å². The van der Waals surface area contributed by atoms with Crippen LogP contribution in [0.5, 0.6) is 0 Å². The zero-order chi connectivity index (χ0) is 15.9. The number of likely N-dealkylation sites (tertiary alicyclic amines) is 2. The van der Waals surface area contributed by atoms with Crippen molar-refractivity contribution < 1.29 is 19.8 Å². The SMILES string of the molecule is O=C(C(=O)N1CCCCC[C@@H]1CO)N1CCCCC[C@H]1CO. The van der Waals surface area contributed by atoms with E-state index in [1.165, 1.54) is 0 Å². The summed E-state index contributed by atoms with van der Waals surface area (Å²) < 4.78 is 0. The third kappa shape index (κ3) is 3.98. The van der Waals surface area contributed by atoms with E-state index < -0.39 is 11.8 Å². The summed E-state index contributed by atoms with van der Waals surface area (Å²) in [7, 11) is 0. The molecule has 2 saturated heterocycles. The van der Waals surface area contributed by atoms with Crippen LogP contribution in [0.25, 0.3) is 0 Å². The van der Waals surface area contributed by atoms with Crippen molar-refractivity contribution >= 4 is 11.8 Å². The van der Waals surface area contributed by atoms with Crippen molar-refractivity contribution in [2.45, 2.75) is 63.5 Å². The molecule has 2 fully saturated rings. The van der Waals surface area contributed by atoms with Crippen LogP contribution in [0.1, 0.15) is 51.4 Å². The zero-order valence-electron chi connectivity index (χ0n) is 13.2. The van der Waals surface area contributed by atoms with Gasteiger partial charge in [-0.15, -0.1) is 0 Å². The Hall–Kier alpha value is -1.14. The number of carbonyl (C=O) groups is 2. The van der Waals surface area contributed by atoms with Gasteiger partial charge in [0, 0.05) is 13.1 Å². The lowest BCUT2D eigenvalue weighted by Gasteiger charge is -2.33. The second-order valence-corrected chi connectivity index (χ2v) is 6.37. The van der Waals surface area contributed by atoms with Gasteiger partial charge < -0.3 is 20.0 Å². The van der Waals surface area contributed by atoms with Gasteiger partial charge in [0.25, 0.3) is 0 Å². The number of hydrogen-bond donors (Lipinski definition) is 2. The van der Waals surface area contributed by atoms with Crippen LogP contribution in [0.15, 0.2) is 0 Å². The Morgan fingerprint density at radius 2 is 1.14 bits per heavy atom. The molecule has 2 aliphatic heterocycles. The van der Waals surface area contributed by atoms with Crippen LogP contribution >= 0.6 is 0 Å². The van der Waals surface area contributed by atoms with Crippen LogP contribution in [-0.4, -0.2) is 70.2 Å². The first-order chi connectivity index (χ1) is 10.7. The van der Waals surface area contributed by atoms with Crippen LogP contribution in [-0.2, 0) is 9.59 Å². The summed E-state index contributed by atoms with van der Waals surface area (Å²) in [6.07, 6.45) is 7.25. The number of aliphatic hydroxyl groups excluding tert-OH is 2. The Balaban J connectivity index is 2.09. The van der Waals surface area contributed by atoms with Crippen molar-refractivity contribution in [2.24, 2.45) is 0 Å². The minimum Gasteiger partial charge on any atom is -0.394 e. The molecule has 0 aromatic heterocycles. The summed E-state index contributed by atoms with van der Waals surface area (Å²) in [6.45, 7) is 0.881. The fourth-order valence-corrected chi connectivity index (χ4v) is 3.51. The molecule has 0 radical (unpaired) electrons. The van der Waals surface area contributed by atoms with E-state index in [2.05, 4.69) is 0 Å². The average Bonchev–Trinajstić information content (AvgIpc) is 2.92. The molecule has 0 aromatic rings. The number of aliphatic hydroxyl groups is 2. The molecule has 22 heavy (non-hydrogen) atoms. The van der Waals surface area contributed by atoms with Crippen molar-refractivity contribution in [3.63, 3.8) is 0 Å². The Kier molecular flexibility index (Phi) is 6.64. The minimum atomic E-state index is -0.513. The van der Waals surface area contributed by atoms with Gasteiger partial charge in [0.1, 0.15) is 0 Å². The Morgan fingerprint density at radius 3 is 1.50 bits per heavy atom. The summed E-state index contributed by atoms with van der Waals surface area (Å²) in [5, 5.41) is 19.0. The predicted octanol–water partition coefficient (Wildman–Crippen LogP) is 0.513. The highest BCUT2D eigenvalue weighted by atomic mass is 16.3. The normalized spacial score (nSPS) is 27.2. The maximum Gasteiger partial charge on any atom is 0.312 e. The number of hydrogen-bond acceptors (Lipinski definition) is 4. The number of amides is 2. The molecular formula is C16H28N2O4. The van der Waals surface area contributed by atoms with Crippen molar-refractivity contribution in [2.75, 3.05) is 26.3 Å². The first kappa shape index (κ1) is 17.2. The first-order valence-corrected chi connectivity index (χ1v) is 8.52. The molecule has 6 nitrogen and oxygen atoms in total. The van der Waals surface area contributed by atoms with Crippen molar-refractivity contribution in [1.82, 2.24) is 9.80 Å². The average molecular weight is 312 g/mol. The first-order valence-electron chi connectivity index (χ1n) is 8.52. The molecule has 0 saturated carbocycles. The number of rotatable bonds is 2. The van der Waals surface area contributed by atoms with E-state index in [1.54, 1.807) is 9.80 Å². The van der Waals surface area contributed by atoms with Gasteiger partial charge in [0.2, 0.25) is 0 Å². The van der Waals surface area contributed by atoms with E-state index in [1.807, 2.05) is 0 Å². The monoisotopic (exact) mass is 312 g/mol. The van der Waals surface area contributed by atoms with Gasteiger partial charge in [0.15, 0.2) is 0 Å². The zero-order valence-corrected chi connectivity index (χ0v) is 13.2. The van der Waals surface area contributed by atoms with E-state index in [0.717, 1.165) is 51.4 Å². The van der Waals surface area contributed by atoms with Crippen LogP contribution in [0, 0.1) is 0 Å². The van der Waals surface area contributed by atoms with E-state index in [9.17, 15) is 19.8 Å². The van der Waals surface area contributed by atoms with Crippen molar-refractivity contribution in [3.05, 3.63) is 0 Å². The predicted molar refractivity (Wildman–Crippen MR) is 82.1 cm³/mol. The van der Waals surface area contributed by atoms with Crippen molar-refractivity contribution in [3.8, 4) is 0 Å². The third-order valence-corrected chi connectivity index (χ3v) is 4.88. The summed E-state index contributed by atoms with van der Waals surface area (Å²) in [5.74, 6) is -1.03. The molecule has 0 unspecified atom stereocenters. The molecule has 2 N–H and O–H groups in total. The molecule has 2 aliphatic rings. The molecule has 0 aromatic carbocycles. The maximum atomic E-state index is 12.6. The molecule has 2 atom stereocenters. The second kappa shape index (κ2) is 8.48. The third-order valence-electron chi connectivity index (χ3n) is 4.88. The topological polar surface area (TPSA) is 81.1 Å². The molecule has 126 valence electrons. The number of nitrogens with zero attached hydrogens (tertiary/aromatic N) is 2. The van der Waals surface area contributed by atoms with Crippen LogP contribution in [0.4, 0.5) is 0 Å². The largest absolute Gasteiger partial charge is 0.394 e. The van der Waals surface area contributed by atoms with E-state index in [4.69, 9.17) is 0 Å². The molecule has 2 rings (SSSR count). The van der Waals surface area contributed by atoms with Gasteiger partial charge in [-0.05, 0) is 25.7 Å². The molecule has 2 amide bonds. The van der Waals surface area contributed by atoms with E-state index >= 15 is 0 Å². The molecular weight excluding hydrogens is 284 g/mol. The molecule has 0 aliphatic carbocycles. The van der Waals surface area contributed by atoms with Crippen LogP contribution in [0.2, 0.25) is 0 Å². The van der Waals surface area contributed by atoms with Gasteiger partial charge in [-0.2, -0.15) is 0 Å². The van der Waals surface area contributed by atoms with Crippen molar-refractivity contribution in [1.29, 1.82) is 0 Å². The standard InChI is InChI=1S/C16H28N2O4/c19-11-13-7-3-1-5-9-17(13)15(21)16(22)18-10-6-2-4-8-14(18)12-20/h13-14,19-20H,1-12H2/t13-,14+. The summed E-state index contributed by atoms with van der Waals surface area (Å²) in [5.41, 5.74) is 0. The van der Waals surface area contributed by atoms with E-state index in [-0.39, 0.29) is 25.3 Å². The van der Waals surface area contributed by atoms with Gasteiger partial charge in [-0.1, -0.05) is 25.7 Å². The van der Waals surface area contributed by atoms with Gasteiger partial charge in [0.05, 0.1) is 25.3 Å². The Morgan fingerprint density at radius 1 is 0.727 bits per heavy atom. The highest BCUT2D eigenvalue weighted by molar-refractivity contribution is 6.35. The lowest BCUT2D eigenvalue weighted by Crippen LogP contribution is -2.53. The summed E-state index contributed by atoms with van der Waals surface area (Å²) in [6, 6.07) is -0.503. The molecule has 2 heterocycles. The summed E-state index contributed by atoms with van der Waals surface area (Å²) >= 11 is 0. The summed E-state index contributed by atoms with van der Waals surface area (Å²) in [4.78, 5) is 28.4. The fraction of sp³-hybridized carbons (Fsp3) is 0.875. The Bertz CT molecular complexity index is 352. The lowest BCUT2D eigenvalue weighted by molar-refractivity contribution is -0.155. The smallest absolute Gasteiger partial charge is 0.312 e. The number of carbonyl (C=O) groups excluding carboxylic acids is 2. The molecule has 0 bridgehead atoms. The molecule has 6 heteroatoms. The molecule has 0 spiro atoms. The van der Waals surface area contributed by atoms with Crippen LogP contribution in [0.3, 0.4) is 0 Å². The lowest BCUT2D eigenvalue weighted by atomic mass is 10.1. The highest BCUT2D eigenvalue weighted by Gasteiger charge is 2.35.